The second-order valence-corrected chi connectivity index (χ2v) is 5.22. The molecule has 0 atom stereocenters. The molecule has 0 amide bonds. The number of hydrogen-bond acceptors (Lipinski definition) is 0. The molecule has 0 radical (unpaired) electrons. The third-order valence-electron chi connectivity index (χ3n) is 3.77. The Balaban J connectivity index is 2.17. The van der Waals surface area contributed by atoms with Crippen LogP contribution in [-0.2, 0) is 6.54 Å². The predicted molar refractivity (Wildman–Crippen MR) is 60.5 cm³/mol. The Kier molecular flexibility index (Phi) is 2.42. The van der Waals surface area contributed by atoms with E-state index in [1.54, 1.807) is 0 Å². The van der Waals surface area contributed by atoms with Crippen molar-refractivity contribution < 1.29 is 0 Å². The van der Waals surface area contributed by atoms with Crippen LogP contribution in [0.1, 0.15) is 44.0 Å². The fourth-order valence-corrected chi connectivity index (χ4v) is 2.72. The molecule has 1 heterocycles. The summed E-state index contributed by atoms with van der Waals surface area (Å²) in [6.07, 6.45) is 5.67. The third kappa shape index (κ3) is 1.73. The smallest absolute Gasteiger partial charge is 0.0278 e. The maximum Gasteiger partial charge on any atom is 0.0278 e. The summed E-state index contributed by atoms with van der Waals surface area (Å²) in [6, 6.07) is 4.46. The molecule has 1 aromatic rings. The van der Waals surface area contributed by atoms with E-state index in [0.717, 1.165) is 0 Å². The zero-order chi connectivity index (χ0) is 10.2. The summed E-state index contributed by atoms with van der Waals surface area (Å²) in [5.41, 5.74) is 3.39. The van der Waals surface area contributed by atoms with E-state index in [0.29, 0.717) is 5.41 Å². The summed E-state index contributed by atoms with van der Waals surface area (Å²) in [4.78, 5) is 0. The van der Waals surface area contributed by atoms with Gasteiger partial charge in [-0.3, -0.25) is 0 Å². The Labute approximate surface area is 87.1 Å². The molecule has 78 valence electrons. The predicted octanol–water partition coefficient (Wildman–Crippen LogP) is 3.69. The molecule has 1 saturated carbocycles. The average Bonchev–Trinajstić information content (AvgIpc) is 2.68. The van der Waals surface area contributed by atoms with Gasteiger partial charge in [-0.1, -0.05) is 19.8 Å². The molecule has 1 fully saturated rings. The van der Waals surface area contributed by atoms with Gasteiger partial charge in [0.05, 0.1) is 0 Å². The topological polar surface area (TPSA) is 4.93 Å². The van der Waals surface area contributed by atoms with Crippen molar-refractivity contribution >= 4 is 0 Å². The largest absolute Gasteiger partial charge is 0.349 e. The lowest BCUT2D eigenvalue weighted by molar-refractivity contribution is 0.277. The molecule has 1 aromatic heterocycles. The maximum atomic E-state index is 2.48. The van der Waals surface area contributed by atoms with E-state index in [1.807, 2.05) is 0 Å². The van der Waals surface area contributed by atoms with E-state index in [-0.39, 0.29) is 0 Å². The number of aromatic nitrogens is 1. The lowest BCUT2D eigenvalue weighted by Gasteiger charge is -2.26. The number of rotatable bonds is 2. The molecule has 1 aliphatic carbocycles. The van der Waals surface area contributed by atoms with Gasteiger partial charge < -0.3 is 4.57 Å². The second-order valence-electron chi connectivity index (χ2n) is 5.22. The van der Waals surface area contributed by atoms with Gasteiger partial charge in [-0.25, -0.2) is 0 Å². The number of aryl methyl sites for hydroxylation is 2. The van der Waals surface area contributed by atoms with Crippen LogP contribution in [0.4, 0.5) is 0 Å². The Morgan fingerprint density at radius 2 is 1.64 bits per heavy atom. The fourth-order valence-electron chi connectivity index (χ4n) is 2.72. The molecule has 2 rings (SSSR count). The van der Waals surface area contributed by atoms with Gasteiger partial charge in [0.2, 0.25) is 0 Å². The van der Waals surface area contributed by atoms with Crippen LogP contribution in [0.5, 0.6) is 0 Å². The van der Waals surface area contributed by atoms with Crippen molar-refractivity contribution in [1.29, 1.82) is 0 Å². The first-order valence-electron chi connectivity index (χ1n) is 5.73. The van der Waals surface area contributed by atoms with Gasteiger partial charge in [0.1, 0.15) is 0 Å². The molecule has 0 aromatic carbocycles. The summed E-state index contributed by atoms with van der Waals surface area (Å²) in [5.74, 6) is 0. The van der Waals surface area contributed by atoms with E-state index in [4.69, 9.17) is 0 Å². The monoisotopic (exact) mass is 191 g/mol. The lowest BCUT2D eigenvalue weighted by atomic mass is 9.88. The first kappa shape index (κ1) is 9.82. The average molecular weight is 191 g/mol. The molecule has 14 heavy (non-hydrogen) atoms. The van der Waals surface area contributed by atoms with Crippen molar-refractivity contribution in [1.82, 2.24) is 4.57 Å². The molecule has 1 nitrogen and oxygen atoms in total. The quantitative estimate of drug-likeness (QED) is 0.672. The van der Waals surface area contributed by atoms with E-state index in [9.17, 15) is 0 Å². The summed E-state index contributed by atoms with van der Waals surface area (Å²) in [6.45, 7) is 8.09. The van der Waals surface area contributed by atoms with Crippen molar-refractivity contribution in [3.63, 3.8) is 0 Å². The van der Waals surface area contributed by atoms with Crippen LogP contribution in [0.3, 0.4) is 0 Å². The highest BCUT2D eigenvalue weighted by Gasteiger charge is 2.29. The Bertz CT molecular complexity index is 296. The standard InChI is InChI=1S/C13H21N/c1-11-6-7-12(2)14(11)10-13(3)8-4-5-9-13/h6-7H,4-5,8-10H2,1-3H3. The summed E-state index contributed by atoms with van der Waals surface area (Å²) < 4.78 is 2.48. The molecule has 0 saturated heterocycles. The van der Waals surface area contributed by atoms with Crippen molar-refractivity contribution in [3.8, 4) is 0 Å². The maximum absolute atomic E-state index is 2.48. The van der Waals surface area contributed by atoms with Gasteiger partial charge in [0.25, 0.3) is 0 Å². The molecule has 0 N–H and O–H groups in total. The zero-order valence-corrected chi connectivity index (χ0v) is 9.64. The van der Waals surface area contributed by atoms with Crippen molar-refractivity contribution in [2.45, 2.75) is 53.0 Å². The Hall–Kier alpha value is -0.720. The van der Waals surface area contributed by atoms with Crippen LogP contribution in [0.2, 0.25) is 0 Å². The summed E-state index contributed by atoms with van der Waals surface area (Å²) in [7, 11) is 0. The van der Waals surface area contributed by atoms with Crippen LogP contribution in [0.15, 0.2) is 12.1 Å². The van der Waals surface area contributed by atoms with E-state index in [2.05, 4.69) is 37.5 Å². The van der Waals surface area contributed by atoms with Gasteiger partial charge in [-0.05, 0) is 44.2 Å². The minimum Gasteiger partial charge on any atom is -0.349 e. The first-order valence-corrected chi connectivity index (χ1v) is 5.73. The summed E-state index contributed by atoms with van der Waals surface area (Å²) >= 11 is 0. The van der Waals surface area contributed by atoms with Crippen LogP contribution in [-0.4, -0.2) is 4.57 Å². The third-order valence-corrected chi connectivity index (χ3v) is 3.77. The molecule has 0 aliphatic heterocycles. The van der Waals surface area contributed by atoms with Crippen LogP contribution in [0, 0.1) is 19.3 Å². The van der Waals surface area contributed by atoms with Crippen LogP contribution >= 0.6 is 0 Å². The van der Waals surface area contributed by atoms with Gasteiger partial charge in [0, 0.05) is 17.9 Å². The van der Waals surface area contributed by atoms with E-state index in [1.165, 1.54) is 43.6 Å². The SMILES string of the molecule is Cc1ccc(C)n1CC1(C)CCCC1. The molecule has 0 bridgehead atoms. The number of hydrogen-bond donors (Lipinski definition) is 0. The molecule has 0 unspecified atom stereocenters. The molecule has 0 spiro atoms. The van der Waals surface area contributed by atoms with Crippen LogP contribution in [0.25, 0.3) is 0 Å². The highest BCUT2D eigenvalue weighted by atomic mass is 15.0. The van der Waals surface area contributed by atoms with Gasteiger partial charge in [-0.2, -0.15) is 0 Å². The number of nitrogens with zero attached hydrogens (tertiary/aromatic N) is 1. The van der Waals surface area contributed by atoms with Gasteiger partial charge >= 0.3 is 0 Å². The minimum atomic E-state index is 0.564. The van der Waals surface area contributed by atoms with E-state index < -0.39 is 0 Å². The first-order chi connectivity index (χ1) is 6.61. The fraction of sp³-hybridized carbons (Fsp3) is 0.692. The molecule has 1 heteroatoms. The normalized spacial score (nSPS) is 20.2. The Morgan fingerprint density at radius 3 is 2.14 bits per heavy atom. The lowest BCUT2D eigenvalue weighted by Crippen LogP contribution is -2.20. The summed E-state index contributed by atoms with van der Waals surface area (Å²) in [5, 5.41) is 0. The van der Waals surface area contributed by atoms with Crippen LogP contribution < -0.4 is 0 Å². The highest BCUT2D eigenvalue weighted by Crippen LogP contribution is 2.39. The second kappa shape index (κ2) is 3.45. The minimum absolute atomic E-state index is 0.564. The van der Waals surface area contributed by atoms with Crippen molar-refractivity contribution in [2.24, 2.45) is 5.41 Å². The molecule has 1 aliphatic rings. The molecular formula is C13H21N. The van der Waals surface area contributed by atoms with E-state index >= 15 is 0 Å². The van der Waals surface area contributed by atoms with Crippen molar-refractivity contribution in [2.75, 3.05) is 0 Å². The van der Waals surface area contributed by atoms with Gasteiger partial charge in [-0.15, -0.1) is 0 Å². The highest BCUT2D eigenvalue weighted by molar-refractivity contribution is 5.14. The van der Waals surface area contributed by atoms with Crippen molar-refractivity contribution in [3.05, 3.63) is 23.5 Å². The van der Waals surface area contributed by atoms with Gasteiger partial charge in [0.15, 0.2) is 0 Å². The zero-order valence-electron chi connectivity index (χ0n) is 9.64. The molecular weight excluding hydrogens is 170 g/mol. The Morgan fingerprint density at radius 1 is 1.14 bits per heavy atom.